The average molecular weight is 293 g/mol. The van der Waals surface area contributed by atoms with Gasteiger partial charge in [0.1, 0.15) is 0 Å². The van der Waals surface area contributed by atoms with Crippen LogP contribution in [0.3, 0.4) is 0 Å². The highest BCUT2D eigenvalue weighted by atomic mass is 35.5. The predicted molar refractivity (Wildman–Crippen MR) is 74.6 cm³/mol. The molecule has 1 aromatic rings. The van der Waals surface area contributed by atoms with Gasteiger partial charge in [-0.3, -0.25) is 19.3 Å². The number of rotatable bonds is 5. The Balaban J connectivity index is 2.07. The van der Waals surface area contributed by atoms with Crippen molar-refractivity contribution in [2.45, 2.75) is 6.42 Å². The first-order valence-electron chi connectivity index (χ1n) is 6.08. The molecule has 20 heavy (non-hydrogen) atoms. The summed E-state index contributed by atoms with van der Waals surface area (Å²) in [5.74, 6) is -1.11. The number of nitrogens with zero attached hydrogens (tertiary/aromatic N) is 1. The maximum absolute atomic E-state index is 12.1. The Morgan fingerprint density at radius 2 is 2.10 bits per heavy atom. The van der Waals surface area contributed by atoms with Gasteiger partial charge < -0.3 is 5.32 Å². The lowest BCUT2D eigenvalue weighted by Gasteiger charge is -2.13. The van der Waals surface area contributed by atoms with E-state index in [1.54, 1.807) is 24.3 Å². The summed E-state index contributed by atoms with van der Waals surface area (Å²) in [6, 6.07) is 4.73. The molecule has 1 aliphatic rings. The quantitative estimate of drug-likeness (QED) is 0.662. The first-order chi connectivity index (χ1) is 9.56. The van der Waals surface area contributed by atoms with Crippen molar-refractivity contribution >= 4 is 29.3 Å². The SMILES string of the molecule is C=CCNC(=O)CCN1C(=O)c2cccc(Cl)c2C1=O. The number of carbonyl (C=O) groups is 3. The van der Waals surface area contributed by atoms with Crippen LogP contribution < -0.4 is 5.32 Å². The zero-order chi connectivity index (χ0) is 14.7. The van der Waals surface area contributed by atoms with Gasteiger partial charge in [-0.05, 0) is 12.1 Å². The molecular weight excluding hydrogens is 280 g/mol. The molecule has 0 bridgehead atoms. The molecule has 0 saturated carbocycles. The number of amides is 3. The van der Waals surface area contributed by atoms with Crippen molar-refractivity contribution in [2.24, 2.45) is 0 Å². The van der Waals surface area contributed by atoms with Gasteiger partial charge in [-0.1, -0.05) is 23.7 Å². The molecule has 1 N–H and O–H groups in total. The van der Waals surface area contributed by atoms with Crippen LogP contribution in [0.25, 0.3) is 0 Å². The van der Waals surface area contributed by atoms with Crippen molar-refractivity contribution in [1.29, 1.82) is 0 Å². The fourth-order valence-corrected chi connectivity index (χ4v) is 2.24. The van der Waals surface area contributed by atoms with Crippen molar-refractivity contribution in [2.75, 3.05) is 13.1 Å². The lowest BCUT2D eigenvalue weighted by molar-refractivity contribution is -0.120. The molecule has 0 radical (unpaired) electrons. The summed E-state index contributed by atoms with van der Waals surface area (Å²) < 4.78 is 0. The van der Waals surface area contributed by atoms with Gasteiger partial charge in [0.05, 0.1) is 16.1 Å². The van der Waals surface area contributed by atoms with Crippen LogP contribution in [0.1, 0.15) is 27.1 Å². The third-order valence-electron chi connectivity index (χ3n) is 2.95. The highest BCUT2D eigenvalue weighted by Gasteiger charge is 2.36. The summed E-state index contributed by atoms with van der Waals surface area (Å²) in [5.41, 5.74) is 0.500. The lowest BCUT2D eigenvalue weighted by Crippen LogP contribution is -2.34. The Labute approximate surface area is 121 Å². The summed E-state index contributed by atoms with van der Waals surface area (Å²) in [6.45, 7) is 3.87. The van der Waals surface area contributed by atoms with E-state index in [9.17, 15) is 14.4 Å². The van der Waals surface area contributed by atoms with Crippen molar-refractivity contribution in [3.63, 3.8) is 0 Å². The molecule has 0 unspecified atom stereocenters. The second-order valence-corrected chi connectivity index (χ2v) is 4.67. The maximum atomic E-state index is 12.1. The van der Waals surface area contributed by atoms with Crippen LogP contribution in [0, 0.1) is 0 Å². The summed E-state index contributed by atoms with van der Waals surface area (Å²) in [5, 5.41) is 2.84. The number of nitrogens with one attached hydrogen (secondary N) is 1. The van der Waals surface area contributed by atoms with E-state index in [0.717, 1.165) is 4.90 Å². The Morgan fingerprint density at radius 1 is 1.35 bits per heavy atom. The molecule has 0 aliphatic carbocycles. The van der Waals surface area contributed by atoms with Gasteiger partial charge in [-0.2, -0.15) is 0 Å². The summed E-state index contributed by atoms with van der Waals surface area (Å²) in [7, 11) is 0. The second-order valence-electron chi connectivity index (χ2n) is 4.27. The van der Waals surface area contributed by atoms with Crippen LogP contribution in [0.2, 0.25) is 5.02 Å². The molecule has 1 aromatic carbocycles. The van der Waals surface area contributed by atoms with Crippen LogP contribution in [0.15, 0.2) is 30.9 Å². The summed E-state index contributed by atoms with van der Waals surface area (Å²) >= 11 is 5.94. The van der Waals surface area contributed by atoms with Gasteiger partial charge in [0.15, 0.2) is 0 Å². The van der Waals surface area contributed by atoms with E-state index in [4.69, 9.17) is 11.6 Å². The van der Waals surface area contributed by atoms with Crippen LogP contribution in [-0.4, -0.2) is 35.7 Å². The molecule has 1 heterocycles. The minimum atomic E-state index is -0.452. The molecule has 0 atom stereocenters. The van der Waals surface area contributed by atoms with E-state index in [2.05, 4.69) is 11.9 Å². The Bertz CT molecular complexity index is 598. The first kappa shape index (κ1) is 14.3. The van der Waals surface area contributed by atoms with Gasteiger partial charge in [-0.15, -0.1) is 6.58 Å². The smallest absolute Gasteiger partial charge is 0.263 e. The van der Waals surface area contributed by atoms with E-state index in [1.807, 2.05) is 0 Å². The molecular formula is C14H13ClN2O3. The third-order valence-corrected chi connectivity index (χ3v) is 3.27. The predicted octanol–water partition coefficient (Wildman–Crippen LogP) is 1.63. The van der Waals surface area contributed by atoms with Gasteiger partial charge in [0.25, 0.3) is 11.8 Å². The number of benzene rings is 1. The molecule has 0 spiro atoms. The van der Waals surface area contributed by atoms with Gasteiger partial charge >= 0.3 is 0 Å². The van der Waals surface area contributed by atoms with E-state index < -0.39 is 11.8 Å². The van der Waals surface area contributed by atoms with Crippen LogP contribution in [0.5, 0.6) is 0 Å². The average Bonchev–Trinajstić information content (AvgIpc) is 2.67. The van der Waals surface area contributed by atoms with E-state index >= 15 is 0 Å². The normalized spacial score (nSPS) is 13.3. The highest BCUT2D eigenvalue weighted by Crippen LogP contribution is 2.28. The zero-order valence-electron chi connectivity index (χ0n) is 10.7. The molecule has 0 aromatic heterocycles. The standard InChI is InChI=1S/C14H13ClN2O3/c1-2-7-16-11(18)6-8-17-13(19)9-4-3-5-10(15)12(9)14(17)20/h2-5H,1,6-8H2,(H,16,18). The Hall–Kier alpha value is -2.14. The van der Waals surface area contributed by atoms with Crippen molar-refractivity contribution in [3.8, 4) is 0 Å². The largest absolute Gasteiger partial charge is 0.353 e. The Morgan fingerprint density at radius 3 is 2.75 bits per heavy atom. The van der Waals surface area contributed by atoms with Gasteiger partial charge in [-0.25, -0.2) is 0 Å². The van der Waals surface area contributed by atoms with E-state index in [0.29, 0.717) is 6.54 Å². The van der Waals surface area contributed by atoms with Crippen LogP contribution >= 0.6 is 11.6 Å². The summed E-state index contributed by atoms with van der Waals surface area (Å²) in [4.78, 5) is 36.7. The van der Waals surface area contributed by atoms with Crippen molar-refractivity contribution in [3.05, 3.63) is 47.0 Å². The molecule has 1 aliphatic heterocycles. The number of halogens is 1. The monoisotopic (exact) mass is 292 g/mol. The first-order valence-corrected chi connectivity index (χ1v) is 6.46. The molecule has 2 rings (SSSR count). The molecule has 5 nitrogen and oxygen atoms in total. The van der Waals surface area contributed by atoms with Crippen molar-refractivity contribution < 1.29 is 14.4 Å². The van der Waals surface area contributed by atoms with E-state index in [-0.39, 0.29) is 35.0 Å². The topological polar surface area (TPSA) is 66.5 Å². The minimum absolute atomic E-state index is 0.0334. The van der Waals surface area contributed by atoms with Crippen LogP contribution in [0.4, 0.5) is 0 Å². The number of imide groups is 1. The highest BCUT2D eigenvalue weighted by molar-refractivity contribution is 6.37. The number of hydrogen-bond donors (Lipinski definition) is 1. The zero-order valence-corrected chi connectivity index (χ0v) is 11.4. The summed E-state index contributed by atoms with van der Waals surface area (Å²) in [6.07, 6.45) is 1.61. The fraction of sp³-hybridized carbons (Fsp3) is 0.214. The molecule has 0 saturated heterocycles. The number of fused-ring (bicyclic) bond motifs is 1. The Kier molecular flexibility index (Phi) is 4.20. The van der Waals surface area contributed by atoms with Gasteiger partial charge in [0, 0.05) is 19.5 Å². The molecule has 104 valence electrons. The molecule has 6 heteroatoms. The minimum Gasteiger partial charge on any atom is -0.353 e. The fourth-order valence-electron chi connectivity index (χ4n) is 1.98. The number of carbonyl (C=O) groups excluding carboxylic acids is 3. The van der Waals surface area contributed by atoms with Crippen molar-refractivity contribution in [1.82, 2.24) is 10.2 Å². The third kappa shape index (κ3) is 2.58. The molecule has 3 amide bonds. The maximum Gasteiger partial charge on any atom is 0.263 e. The van der Waals surface area contributed by atoms with Gasteiger partial charge in [0.2, 0.25) is 5.91 Å². The number of hydrogen-bond acceptors (Lipinski definition) is 3. The lowest BCUT2D eigenvalue weighted by atomic mass is 10.1. The molecule has 0 fully saturated rings. The van der Waals surface area contributed by atoms with E-state index in [1.165, 1.54) is 0 Å². The van der Waals surface area contributed by atoms with Crippen LogP contribution in [-0.2, 0) is 4.79 Å². The second kappa shape index (κ2) is 5.88.